The molecule has 154 valence electrons. The van der Waals surface area contributed by atoms with Crippen LogP contribution in [0.4, 0.5) is 0 Å². The molecular weight excluding hydrogens is 382 g/mol. The van der Waals surface area contributed by atoms with E-state index < -0.39 is 10.0 Å². The van der Waals surface area contributed by atoms with Gasteiger partial charge in [-0.2, -0.15) is 9.40 Å². The molecule has 0 radical (unpaired) electrons. The lowest BCUT2D eigenvalue weighted by atomic mass is 10.4. The van der Waals surface area contributed by atoms with Gasteiger partial charge >= 0.3 is 0 Å². The minimum Gasteiger partial charge on any atom is -0.364 e. The number of nitrogens with one attached hydrogen (secondary N) is 1. The second-order valence-corrected chi connectivity index (χ2v) is 8.46. The highest BCUT2D eigenvalue weighted by Gasteiger charge is 2.28. The molecule has 0 saturated carbocycles. The number of nitrogens with zero attached hydrogens (tertiary/aromatic N) is 6. The lowest BCUT2D eigenvalue weighted by molar-refractivity contribution is 0.259. The van der Waals surface area contributed by atoms with E-state index in [1.54, 1.807) is 12.3 Å². The Morgan fingerprint density at radius 1 is 1.32 bits per heavy atom. The number of piperazine rings is 1. The minimum absolute atomic E-state index is 0.134. The maximum absolute atomic E-state index is 12.6. The van der Waals surface area contributed by atoms with E-state index in [0.29, 0.717) is 38.4 Å². The number of sulfonamides is 1. The van der Waals surface area contributed by atoms with Crippen LogP contribution in [0.25, 0.3) is 0 Å². The first kappa shape index (κ1) is 20.3. The van der Waals surface area contributed by atoms with Gasteiger partial charge in [0.05, 0.1) is 5.69 Å². The van der Waals surface area contributed by atoms with Crippen molar-refractivity contribution in [3.05, 3.63) is 36.5 Å². The molecule has 1 fully saturated rings. The lowest BCUT2D eigenvalue weighted by Crippen LogP contribution is -2.53. The molecule has 10 nitrogen and oxygen atoms in total. The summed E-state index contributed by atoms with van der Waals surface area (Å²) in [6.45, 7) is 6.36. The fourth-order valence-electron chi connectivity index (χ4n) is 3.04. The Morgan fingerprint density at radius 3 is 2.79 bits per heavy atom. The summed E-state index contributed by atoms with van der Waals surface area (Å²) in [7, 11) is -3.40. The molecule has 11 heteroatoms. The van der Waals surface area contributed by atoms with Gasteiger partial charge in [-0.3, -0.25) is 9.67 Å². The molecule has 0 bridgehead atoms. The summed E-state index contributed by atoms with van der Waals surface area (Å²) in [4.78, 5) is 6.80. The molecule has 0 atom stereocenters. The van der Waals surface area contributed by atoms with Crippen molar-refractivity contribution in [2.75, 3.05) is 39.3 Å². The largest absolute Gasteiger partial charge is 0.364 e. The first-order chi connectivity index (χ1) is 13.6. The monoisotopic (exact) mass is 409 g/mol. The van der Waals surface area contributed by atoms with Gasteiger partial charge < -0.3 is 14.7 Å². The summed E-state index contributed by atoms with van der Waals surface area (Å²) in [6.07, 6.45) is 5.98. The Labute approximate surface area is 165 Å². The third kappa shape index (κ3) is 5.55. The zero-order valence-electron chi connectivity index (χ0n) is 16.1. The van der Waals surface area contributed by atoms with Crippen LogP contribution in [-0.4, -0.2) is 77.8 Å². The summed E-state index contributed by atoms with van der Waals surface area (Å²) < 4.78 is 33.2. The van der Waals surface area contributed by atoms with E-state index in [9.17, 15) is 8.42 Å². The van der Waals surface area contributed by atoms with E-state index in [1.165, 1.54) is 10.6 Å². The summed E-state index contributed by atoms with van der Waals surface area (Å²) >= 11 is 0. The van der Waals surface area contributed by atoms with E-state index >= 15 is 0 Å². The van der Waals surface area contributed by atoms with Gasteiger partial charge in [0.15, 0.2) is 5.96 Å². The highest BCUT2D eigenvalue weighted by atomic mass is 32.2. The van der Waals surface area contributed by atoms with Crippen LogP contribution in [0.2, 0.25) is 0 Å². The van der Waals surface area contributed by atoms with Crippen LogP contribution in [0, 0.1) is 0 Å². The van der Waals surface area contributed by atoms with Crippen molar-refractivity contribution in [2.24, 2.45) is 4.99 Å². The van der Waals surface area contributed by atoms with E-state index in [2.05, 4.69) is 25.5 Å². The molecule has 0 aliphatic carbocycles. The predicted molar refractivity (Wildman–Crippen MR) is 105 cm³/mol. The van der Waals surface area contributed by atoms with Crippen molar-refractivity contribution in [3.8, 4) is 0 Å². The normalized spacial score (nSPS) is 16.5. The van der Waals surface area contributed by atoms with Gasteiger partial charge in [0.1, 0.15) is 12.0 Å². The van der Waals surface area contributed by atoms with Crippen molar-refractivity contribution in [1.82, 2.24) is 29.5 Å². The Morgan fingerprint density at radius 2 is 2.14 bits per heavy atom. The smallest absolute Gasteiger partial charge is 0.220 e. The van der Waals surface area contributed by atoms with Crippen LogP contribution in [0.3, 0.4) is 0 Å². The number of aliphatic imine (C=N–C) groups is 1. The third-order valence-electron chi connectivity index (χ3n) is 4.45. The molecule has 1 N–H and O–H groups in total. The van der Waals surface area contributed by atoms with Crippen LogP contribution in [-0.2, 0) is 22.3 Å². The predicted octanol–water partition coefficient (Wildman–Crippen LogP) is 0.374. The molecular formula is C17H27N7O3S. The zero-order chi connectivity index (χ0) is 19.8. The quantitative estimate of drug-likeness (QED) is 0.381. The molecule has 0 spiro atoms. The maximum Gasteiger partial charge on any atom is 0.220 e. The van der Waals surface area contributed by atoms with Gasteiger partial charge in [-0.15, -0.1) is 0 Å². The molecule has 28 heavy (non-hydrogen) atoms. The summed E-state index contributed by atoms with van der Waals surface area (Å²) in [6, 6.07) is 3.48. The summed E-state index contributed by atoms with van der Waals surface area (Å²) in [5, 5.41) is 11.2. The molecule has 2 aromatic heterocycles. The maximum atomic E-state index is 12.6. The fraction of sp³-hybridized carbons (Fsp3) is 0.588. The van der Waals surface area contributed by atoms with Crippen molar-refractivity contribution < 1.29 is 12.9 Å². The second kappa shape index (κ2) is 9.69. The van der Waals surface area contributed by atoms with Crippen LogP contribution in [0.1, 0.15) is 19.0 Å². The molecule has 0 aromatic carbocycles. The Bertz CT molecular complexity index is 826. The average Bonchev–Trinajstić information content (AvgIpc) is 3.38. The standard InChI is InChI=1S/C17H27N7O3S/c1-2-18-17(19-6-3-8-23-9-4-7-20-23)22-10-12-24(13-11-22)28(25,26)15-16-5-14-27-21-16/h4-5,7,9,14H,2-3,6,8,10-13,15H2,1H3,(H,18,19). The molecule has 1 saturated heterocycles. The second-order valence-electron chi connectivity index (χ2n) is 6.49. The molecule has 2 aromatic rings. The van der Waals surface area contributed by atoms with Crippen molar-refractivity contribution >= 4 is 16.0 Å². The molecule has 1 aliphatic heterocycles. The fourth-order valence-corrected chi connectivity index (χ4v) is 4.47. The minimum atomic E-state index is -3.40. The Hall–Kier alpha value is -2.40. The highest BCUT2D eigenvalue weighted by molar-refractivity contribution is 7.88. The number of rotatable bonds is 8. The first-order valence-electron chi connectivity index (χ1n) is 9.46. The molecule has 1 aliphatic rings. The molecule has 0 amide bonds. The van der Waals surface area contributed by atoms with E-state index in [0.717, 1.165) is 25.5 Å². The van der Waals surface area contributed by atoms with Crippen LogP contribution in [0.15, 0.2) is 40.3 Å². The van der Waals surface area contributed by atoms with Gasteiger partial charge in [-0.25, -0.2) is 8.42 Å². The number of aryl methyl sites for hydroxylation is 1. The topological polar surface area (TPSA) is 109 Å². The van der Waals surface area contributed by atoms with Crippen LogP contribution < -0.4 is 5.32 Å². The van der Waals surface area contributed by atoms with Crippen LogP contribution >= 0.6 is 0 Å². The summed E-state index contributed by atoms with van der Waals surface area (Å²) in [5.41, 5.74) is 0.425. The van der Waals surface area contributed by atoms with E-state index in [-0.39, 0.29) is 5.75 Å². The van der Waals surface area contributed by atoms with E-state index in [1.807, 2.05) is 23.9 Å². The third-order valence-corrected chi connectivity index (χ3v) is 6.27. The summed E-state index contributed by atoms with van der Waals surface area (Å²) in [5.74, 6) is 0.696. The van der Waals surface area contributed by atoms with Gasteiger partial charge in [0.2, 0.25) is 10.0 Å². The number of aromatic nitrogens is 3. The van der Waals surface area contributed by atoms with E-state index in [4.69, 9.17) is 4.52 Å². The number of guanidine groups is 1. The van der Waals surface area contributed by atoms with Gasteiger partial charge in [-0.05, 0) is 19.4 Å². The SMILES string of the molecule is CCNC(=NCCCn1cccn1)N1CCN(S(=O)(=O)Cc2ccon2)CC1. The van der Waals surface area contributed by atoms with Crippen LogP contribution in [0.5, 0.6) is 0 Å². The van der Waals surface area contributed by atoms with Gasteiger partial charge in [0.25, 0.3) is 0 Å². The number of hydrogen-bond donors (Lipinski definition) is 1. The molecule has 3 rings (SSSR count). The lowest BCUT2D eigenvalue weighted by Gasteiger charge is -2.35. The Kier molecular flexibility index (Phi) is 7.04. The molecule has 0 unspecified atom stereocenters. The Balaban J connectivity index is 1.51. The zero-order valence-corrected chi connectivity index (χ0v) is 16.9. The average molecular weight is 410 g/mol. The van der Waals surface area contributed by atoms with Crippen molar-refractivity contribution in [1.29, 1.82) is 0 Å². The number of hydrogen-bond acceptors (Lipinski definition) is 6. The van der Waals surface area contributed by atoms with Gasteiger partial charge in [-0.1, -0.05) is 5.16 Å². The first-order valence-corrected chi connectivity index (χ1v) is 11.1. The van der Waals surface area contributed by atoms with Crippen molar-refractivity contribution in [3.63, 3.8) is 0 Å². The molecule has 3 heterocycles. The van der Waals surface area contributed by atoms with Crippen molar-refractivity contribution in [2.45, 2.75) is 25.6 Å². The van der Waals surface area contributed by atoms with Gasteiger partial charge in [0, 0.05) is 64.3 Å². The highest BCUT2D eigenvalue weighted by Crippen LogP contribution is 2.13.